The van der Waals surface area contributed by atoms with Gasteiger partial charge in [-0.05, 0) is 50.1 Å². The molecule has 0 aliphatic rings. The van der Waals surface area contributed by atoms with Crippen molar-refractivity contribution >= 4 is 0 Å². The molecule has 0 aliphatic heterocycles. The second-order valence-corrected chi connectivity index (χ2v) is 10.1. The van der Waals surface area contributed by atoms with Crippen molar-refractivity contribution < 1.29 is 0 Å². The van der Waals surface area contributed by atoms with Gasteiger partial charge >= 0.3 is 0 Å². The van der Waals surface area contributed by atoms with E-state index in [1.165, 1.54) is 116 Å². The Morgan fingerprint density at radius 3 is 1.82 bits per heavy atom. The average Bonchev–Trinajstić information content (AvgIpc) is 2.67. The highest BCUT2D eigenvalue weighted by Crippen LogP contribution is 2.19. The van der Waals surface area contributed by atoms with E-state index in [0.717, 1.165) is 17.8 Å². The molecule has 0 amide bonds. The van der Waals surface area contributed by atoms with E-state index in [2.05, 4.69) is 46.4 Å². The maximum atomic E-state index is 2.84. The molecule has 1 nitrogen and oxygen atoms in total. The van der Waals surface area contributed by atoms with Crippen molar-refractivity contribution in [1.82, 2.24) is 4.90 Å². The van der Waals surface area contributed by atoms with Crippen LogP contribution in [0.4, 0.5) is 0 Å². The first kappa shape index (κ1) is 28.0. The minimum absolute atomic E-state index is 0.866. The van der Waals surface area contributed by atoms with Gasteiger partial charge in [-0.3, -0.25) is 0 Å². The molecule has 1 heteroatoms. The average molecular weight is 396 g/mol. The topological polar surface area (TPSA) is 3.24 Å². The van der Waals surface area contributed by atoms with Crippen LogP contribution in [0.2, 0.25) is 0 Å². The van der Waals surface area contributed by atoms with Gasteiger partial charge in [-0.2, -0.15) is 0 Å². The quantitative estimate of drug-likeness (QED) is 0.175. The van der Waals surface area contributed by atoms with Crippen molar-refractivity contribution in [2.45, 2.75) is 138 Å². The van der Waals surface area contributed by atoms with Crippen molar-refractivity contribution in [3.63, 3.8) is 0 Å². The van der Waals surface area contributed by atoms with Crippen molar-refractivity contribution in [3.05, 3.63) is 0 Å². The molecule has 0 saturated carbocycles. The van der Waals surface area contributed by atoms with Crippen LogP contribution in [-0.2, 0) is 0 Å². The van der Waals surface area contributed by atoms with Gasteiger partial charge in [-0.15, -0.1) is 0 Å². The molecule has 0 aromatic heterocycles. The van der Waals surface area contributed by atoms with E-state index in [1.807, 2.05) is 0 Å². The van der Waals surface area contributed by atoms with Crippen molar-refractivity contribution in [1.29, 1.82) is 0 Å². The third kappa shape index (κ3) is 18.0. The number of rotatable bonds is 21. The molecule has 0 bridgehead atoms. The lowest BCUT2D eigenvalue weighted by Crippen LogP contribution is -2.32. The molecule has 28 heavy (non-hydrogen) atoms. The van der Waals surface area contributed by atoms with E-state index in [9.17, 15) is 0 Å². The Hall–Kier alpha value is -0.0400. The summed E-state index contributed by atoms with van der Waals surface area (Å²) in [6.45, 7) is 18.3. The Balaban J connectivity index is 4.25. The van der Waals surface area contributed by atoms with Crippen molar-refractivity contribution in [2.24, 2.45) is 17.8 Å². The summed E-state index contributed by atoms with van der Waals surface area (Å²) in [5, 5.41) is 0. The SMILES string of the molecule is CCCCCCCCCN(CCC(C)CCCC(C)C)CC(CC)CCCC. The third-order valence-electron chi connectivity index (χ3n) is 6.55. The van der Waals surface area contributed by atoms with E-state index in [4.69, 9.17) is 0 Å². The minimum atomic E-state index is 0.866. The molecule has 0 N–H and O–H groups in total. The van der Waals surface area contributed by atoms with Gasteiger partial charge in [0.25, 0.3) is 0 Å². The number of hydrogen-bond acceptors (Lipinski definition) is 1. The summed E-state index contributed by atoms with van der Waals surface area (Å²) in [4.78, 5) is 2.84. The molecule has 170 valence electrons. The van der Waals surface area contributed by atoms with E-state index in [-0.39, 0.29) is 0 Å². The van der Waals surface area contributed by atoms with Gasteiger partial charge in [0.1, 0.15) is 0 Å². The molecule has 0 aromatic carbocycles. The van der Waals surface area contributed by atoms with Gasteiger partial charge in [-0.25, -0.2) is 0 Å². The summed E-state index contributed by atoms with van der Waals surface area (Å²) in [6, 6.07) is 0. The number of unbranched alkanes of at least 4 members (excludes halogenated alkanes) is 7. The van der Waals surface area contributed by atoms with Gasteiger partial charge in [0.15, 0.2) is 0 Å². The van der Waals surface area contributed by atoms with Crippen molar-refractivity contribution in [2.75, 3.05) is 19.6 Å². The highest BCUT2D eigenvalue weighted by Gasteiger charge is 2.14. The lowest BCUT2D eigenvalue weighted by atomic mass is 9.96. The van der Waals surface area contributed by atoms with Crippen LogP contribution in [0.3, 0.4) is 0 Å². The maximum absolute atomic E-state index is 2.84. The largest absolute Gasteiger partial charge is 0.303 e. The van der Waals surface area contributed by atoms with E-state index in [0.29, 0.717) is 0 Å². The molecule has 0 saturated heterocycles. The highest BCUT2D eigenvalue weighted by atomic mass is 15.1. The maximum Gasteiger partial charge on any atom is 0.000956 e. The number of nitrogens with zero attached hydrogens (tertiary/aromatic N) is 1. The first-order valence-electron chi connectivity index (χ1n) is 13.3. The Morgan fingerprint density at radius 1 is 0.571 bits per heavy atom. The predicted molar refractivity (Wildman–Crippen MR) is 130 cm³/mol. The van der Waals surface area contributed by atoms with Gasteiger partial charge in [0.2, 0.25) is 0 Å². The Labute approximate surface area is 180 Å². The summed E-state index contributed by atoms with van der Waals surface area (Å²) in [5.74, 6) is 2.68. The Kier molecular flexibility index (Phi) is 20.2. The summed E-state index contributed by atoms with van der Waals surface area (Å²) in [5.41, 5.74) is 0. The molecule has 0 radical (unpaired) electrons. The molecule has 0 fully saturated rings. The van der Waals surface area contributed by atoms with E-state index in [1.54, 1.807) is 0 Å². The minimum Gasteiger partial charge on any atom is -0.303 e. The van der Waals surface area contributed by atoms with Crippen LogP contribution >= 0.6 is 0 Å². The molecule has 2 atom stereocenters. The van der Waals surface area contributed by atoms with Crippen LogP contribution in [0.5, 0.6) is 0 Å². The molecule has 2 unspecified atom stereocenters. The lowest BCUT2D eigenvalue weighted by Gasteiger charge is -2.28. The van der Waals surface area contributed by atoms with Crippen molar-refractivity contribution in [3.8, 4) is 0 Å². The zero-order valence-corrected chi connectivity index (χ0v) is 20.9. The zero-order valence-electron chi connectivity index (χ0n) is 20.9. The Morgan fingerprint density at radius 2 is 1.21 bits per heavy atom. The first-order chi connectivity index (χ1) is 13.5. The van der Waals surface area contributed by atoms with E-state index >= 15 is 0 Å². The smallest absolute Gasteiger partial charge is 0.000956 e. The predicted octanol–water partition coefficient (Wildman–Crippen LogP) is 9.11. The summed E-state index contributed by atoms with van der Waals surface area (Å²) >= 11 is 0. The van der Waals surface area contributed by atoms with Gasteiger partial charge in [0.05, 0.1) is 0 Å². The van der Waals surface area contributed by atoms with Crippen LogP contribution in [-0.4, -0.2) is 24.5 Å². The molecule has 0 rings (SSSR count). The van der Waals surface area contributed by atoms with Crippen LogP contribution in [0.1, 0.15) is 138 Å². The monoisotopic (exact) mass is 395 g/mol. The van der Waals surface area contributed by atoms with Crippen LogP contribution in [0.25, 0.3) is 0 Å². The lowest BCUT2D eigenvalue weighted by molar-refractivity contribution is 0.200. The molecule has 0 aliphatic carbocycles. The number of hydrogen-bond donors (Lipinski definition) is 0. The fraction of sp³-hybridized carbons (Fsp3) is 1.00. The van der Waals surface area contributed by atoms with Crippen LogP contribution in [0.15, 0.2) is 0 Å². The summed E-state index contributed by atoms with van der Waals surface area (Å²) in [7, 11) is 0. The molecule has 0 heterocycles. The fourth-order valence-electron chi connectivity index (χ4n) is 4.29. The van der Waals surface area contributed by atoms with Crippen LogP contribution in [0, 0.1) is 17.8 Å². The van der Waals surface area contributed by atoms with E-state index < -0.39 is 0 Å². The second kappa shape index (κ2) is 20.2. The van der Waals surface area contributed by atoms with Gasteiger partial charge < -0.3 is 4.90 Å². The molecular weight excluding hydrogens is 338 g/mol. The zero-order chi connectivity index (χ0) is 21.0. The standard InChI is InChI=1S/C27H57N/c1-7-10-12-13-14-15-16-22-28(24-27(9-3)20-11-8-2)23-21-26(6)19-17-18-25(4)5/h25-27H,7-24H2,1-6H3. The second-order valence-electron chi connectivity index (χ2n) is 10.1. The highest BCUT2D eigenvalue weighted by molar-refractivity contribution is 4.68. The third-order valence-corrected chi connectivity index (χ3v) is 6.55. The van der Waals surface area contributed by atoms with Gasteiger partial charge in [0, 0.05) is 6.54 Å². The normalized spacial score (nSPS) is 14.1. The first-order valence-corrected chi connectivity index (χ1v) is 13.3. The van der Waals surface area contributed by atoms with Gasteiger partial charge in [-0.1, -0.05) is 119 Å². The Bertz CT molecular complexity index is 299. The molecule has 0 aromatic rings. The van der Waals surface area contributed by atoms with Crippen LogP contribution < -0.4 is 0 Å². The summed E-state index contributed by atoms with van der Waals surface area (Å²) in [6.07, 6.45) is 21.2. The fourth-order valence-corrected chi connectivity index (χ4v) is 4.29. The summed E-state index contributed by atoms with van der Waals surface area (Å²) < 4.78 is 0. The molecule has 0 spiro atoms. The molecular formula is C27H57N.